The molecule has 1 saturated heterocycles. The second-order valence-corrected chi connectivity index (χ2v) is 6.22. The van der Waals surface area contributed by atoms with E-state index in [-0.39, 0.29) is 18.1 Å². The summed E-state index contributed by atoms with van der Waals surface area (Å²) in [6, 6.07) is -0.167. The van der Waals surface area contributed by atoms with Gasteiger partial charge in [-0.25, -0.2) is 15.6 Å². The molecule has 2 aliphatic rings. The standard InChI is InChI=1S/C11H16N6O2S2/c1-13-9(18)15-10-14-6-2-5-3-19-4-7(8(6)21-10)17(5)11(20)16-12/h5,7H,2-4,12H2,1H3,(H,16,20)(H2,13,14,15,18)/t5-,7-/m0/s1. The van der Waals surface area contributed by atoms with E-state index in [1.54, 1.807) is 7.05 Å². The first kappa shape index (κ1) is 14.4. The number of carbonyl (C=O) groups excluding carboxylic acids is 1. The Morgan fingerprint density at radius 1 is 1.57 bits per heavy atom. The molecule has 1 aromatic heterocycles. The van der Waals surface area contributed by atoms with Gasteiger partial charge < -0.3 is 20.4 Å². The van der Waals surface area contributed by atoms with Crippen molar-refractivity contribution in [2.24, 2.45) is 5.84 Å². The maximum atomic E-state index is 11.4. The number of thiocarbonyl (C=S) groups is 1. The second-order valence-electron chi connectivity index (χ2n) is 4.80. The van der Waals surface area contributed by atoms with E-state index in [9.17, 15) is 4.79 Å². The maximum Gasteiger partial charge on any atom is 0.320 e. The van der Waals surface area contributed by atoms with Crippen LogP contribution >= 0.6 is 23.6 Å². The van der Waals surface area contributed by atoms with E-state index in [1.807, 2.05) is 0 Å². The van der Waals surface area contributed by atoms with E-state index in [2.05, 4.69) is 25.9 Å². The third-order valence-electron chi connectivity index (χ3n) is 3.58. The molecule has 2 bridgehead atoms. The third kappa shape index (κ3) is 2.55. The Bertz CT molecular complexity index is 577. The fourth-order valence-electron chi connectivity index (χ4n) is 2.68. The maximum absolute atomic E-state index is 11.4. The Morgan fingerprint density at radius 3 is 3.10 bits per heavy atom. The molecule has 2 atom stereocenters. The van der Waals surface area contributed by atoms with Gasteiger partial charge in [-0.1, -0.05) is 11.3 Å². The number of thiazole rings is 1. The summed E-state index contributed by atoms with van der Waals surface area (Å²) in [6.45, 7) is 1.13. The first-order valence-corrected chi connectivity index (χ1v) is 7.71. The molecule has 3 rings (SSSR count). The average Bonchev–Trinajstić information content (AvgIpc) is 2.87. The number of aromatic nitrogens is 1. The highest BCUT2D eigenvalue weighted by molar-refractivity contribution is 7.80. The van der Waals surface area contributed by atoms with Gasteiger partial charge in [0.15, 0.2) is 10.2 Å². The fourth-order valence-corrected chi connectivity index (χ4v) is 4.03. The summed E-state index contributed by atoms with van der Waals surface area (Å²) in [5.74, 6) is 5.46. The molecule has 0 spiro atoms. The molecule has 10 heteroatoms. The number of ether oxygens (including phenoxy) is 1. The zero-order valence-corrected chi connectivity index (χ0v) is 13.0. The molecule has 114 valence electrons. The molecule has 1 fully saturated rings. The number of anilines is 1. The van der Waals surface area contributed by atoms with Crippen LogP contribution in [0.2, 0.25) is 0 Å². The summed E-state index contributed by atoms with van der Waals surface area (Å²) in [4.78, 5) is 19.1. The molecular formula is C11H16N6O2S2. The van der Waals surface area contributed by atoms with Crippen molar-refractivity contribution < 1.29 is 9.53 Å². The van der Waals surface area contributed by atoms with Crippen LogP contribution in [0.15, 0.2) is 0 Å². The summed E-state index contributed by atoms with van der Waals surface area (Å²) in [7, 11) is 1.57. The second kappa shape index (κ2) is 5.72. The predicted octanol–water partition coefficient (Wildman–Crippen LogP) is -0.0594. The lowest BCUT2D eigenvalue weighted by Crippen LogP contribution is -2.57. The molecular weight excluding hydrogens is 312 g/mol. The Kier molecular flexibility index (Phi) is 3.93. The SMILES string of the molecule is CNC(=O)Nc1nc2c(s1)[C@@H]1COC[C@H](C2)N1C(=S)NN. The van der Waals surface area contributed by atoms with Crippen molar-refractivity contribution >= 4 is 39.8 Å². The van der Waals surface area contributed by atoms with E-state index in [0.29, 0.717) is 23.5 Å². The first-order valence-electron chi connectivity index (χ1n) is 6.49. The number of rotatable bonds is 1. The minimum atomic E-state index is -0.281. The number of nitrogens with two attached hydrogens (primary N) is 1. The molecule has 2 aliphatic heterocycles. The van der Waals surface area contributed by atoms with Gasteiger partial charge in [0.2, 0.25) is 0 Å². The predicted molar refractivity (Wildman–Crippen MR) is 83.0 cm³/mol. The van der Waals surface area contributed by atoms with Crippen molar-refractivity contribution in [1.29, 1.82) is 0 Å². The van der Waals surface area contributed by atoms with Crippen LogP contribution < -0.4 is 21.9 Å². The number of nitrogens with zero attached hydrogens (tertiary/aromatic N) is 2. The van der Waals surface area contributed by atoms with Gasteiger partial charge >= 0.3 is 6.03 Å². The number of hydrazine groups is 1. The normalized spacial score (nSPS) is 23.2. The lowest BCUT2D eigenvalue weighted by atomic mass is 9.97. The highest BCUT2D eigenvalue weighted by atomic mass is 32.1. The smallest absolute Gasteiger partial charge is 0.320 e. The lowest BCUT2D eigenvalue weighted by Gasteiger charge is -2.45. The molecule has 8 nitrogen and oxygen atoms in total. The lowest BCUT2D eigenvalue weighted by molar-refractivity contribution is -0.0211. The number of urea groups is 1. The number of hydrogen-bond donors (Lipinski definition) is 4. The molecule has 0 aliphatic carbocycles. The van der Waals surface area contributed by atoms with Gasteiger partial charge in [-0.2, -0.15) is 0 Å². The Balaban J connectivity index is 1.91. The van der Waals surface area contributed by atoms with Gasteiger partial charge in [-0.15, -0.1) is 0 Å². The number of amides is 2. The van der Waals surface area contributed by atoms with Crippen molar-refractivity contribution in [3.8, 4) is 0 Å². The van der Waals surface area contributed by atoms with Crippen LogP contribution in [0.25, 0.3) is 0 Å². The molecule has 5 N–H and O–H groups in total. The van der Waals surface area contributed by atoms with Gasteiger partial charge in [0.25, 0.3) is 0 Å². The molecule has 21 heavy (non-hydrogen) atoms. The Hall–Kier alpha value is -1.49. The Labute approximate surface area is 131 Å². The van der Waals surface area contributed by atoms with Crippen LogP contribution in [0.4, 0.5) is 9.93 Å². The zero-order chi connectivity index (χ0) is 15.0. The van der Waals surface area contributed by atoms with Crippen LogP contribution in [0, 0.1) is 0 Å². The van der Waals surface area contributed by atoms with Crippen LogP contribution in [0.1, 0.15) is 16.6 Å². The quantitative estimate of drug-likeness (QED) is 0.325. The van der Waals surface area contributed by atoms with Gasteiger partial charge in [-0.05, 0) is 12.2 Å². The van der Waals surface area contributed by atoms with E-state index in [1.165, 1.54) is 11.3 Å². The zero-order valence-electron chi connectivity index (χ0n) is 11.4. The summed E-state index contributed by atoms with van der Waals surface area (Å²) < 4.78 is 5.64. The van der Waals surface area contributed by atoms with Gasteiger partial charge in [0.1, 0.15) is 0 Å². The van der Waals surface area contributed by atoms with Crippen LogP contribution in [-0.2, 0) is 11.2 Å². The topological polar surface area (TPSA) is 105 Å². The van der Waals surface area contributed by atoms with E-state index in [0.717, 1.165) is 17.0 Å². The first-order chi connectivity index (χ1) is 10.1. The summed E-state index contributed by atoms with van der Waals surface area (Å²) in [5, 5.41) is 6.31. The van der Waals surface area contributed by atoms with Gasteiger partial charge in [-0.3, -0.25) is 5.32 Å². The van der Waals surface area contributed by atoms with Crippen molar-refractivity contribution in [3.05, 3.63) is 10.6 Å². The number of carbonyl (C=O) groups is 1. The number of hydrogen-bond acceptors (Lipinski definition) is 6. The molecule has 0 radical (unpaired) electrons. The van der Waals surface area contributed by atoms with Gasteiger partial charge in [0, 0.05) is 13.5 Å². The van der Waals surface area contributed by atoms with Crippen molar-refractivity contribution in [3.63, 3.8) is 0 Å². The van der Waals surface area contributed by atoms with Crippen molar-refractivity contribution in [2.75, 3.05) is 25.6 Å². The Morgan fingerprint density at radius 2 is 2.38 bits per heavy atom. The number of nitrogens with one attached hydrogen (secondary N) is 3. The van der Waals surface area contributed by atoms with Gasteiger partial charge in [0.05, 0.1) is 35.9 Å². The van der Waals surface area contributed by atoms with E-state index < -0.39 is 0 Å². The highest BCUT2D eigenvalue weighted by Gasteiger charge is 2.41. The highest BCUT2D eigenvalue weighted by Crippen LogP contribution is 2.41. The largest absolute Gasteiger partial charge is 0.377 e. The summed E-state index contributed by atoms with van der Waals surface area (Å²) in [5.41, 5.74) is 3.55. The summed E-state index contributed by atoms with van der Waals surface area (Å²) in [6.07, 6.45) is 0.722. The van der Waals surface area contributed by atoms with E-state index >= 15 is 0 Å². The minimum absolute atomic E-state index is 0.00575. The third-order valence-corrected chi connectivity index (χ3v) is 5.02. The number of morpholine rings is 1. The minimum Gasteiger partial charge on any atom is -0.377 e. The van der Waals surface area contributed by atoms with Crippen LogP contribution in [0.3, 0.4) is 0 Å². The molecule has 1 aromatic rings. The molecule has 0 saturated carbocycles. The van der Waals surface area contributed by atoms with Crippen LogP contribution in [-0.4, -0.2) is 47.3 Å². The molecule has 0 unspecified atom stereocenters. The van der Waals surface area contributed by atoms with E-state index in [4.69, 9.17) is 22.8 Å². The molecule has 0 aromatic carbocycles. The monoisotopic (exact) mass is 328 g/mol. The molecule has 3 heterocycles. The van der Waals surface area contributed by atoms with Crippen molar-refractivity contribution in [1.82, 2.24) is 20.6 Å². The summed E-state index contributed by atoms with van der Waals surface area (Å²) >= 11 is 6.74. The molecule has 2 amide bonds. The fraction of sp³-hybridized carbons (Fsp3) is 0.545. The average molecular weight is 328 g/mol. The van der Waals surface area contributed by atoms with Crippen LogP contribution in [0.5, 0.6) is 0 Å². The number of fused-ring (bicyclic) bond motifs is 4. The van der Waals surface area contributed by atoms with Crippen molar-refractivity contribution in [2.45, 2.75) is 18.5 Å².